The van der Waals surface area contributed by atoms with Gasteiger partial charge in [-0.3, -0.25) is 19.9 Å². The molecule has 3 heterocycles. The zero-order valence-electron chi connectivity index (χ0n) is 25.3. The number of aryl methyl sites for hydroxylation is 1. The lowest BCUT2D eigenvalue weighted by molar-refractivity contribution is -0.141. The van der Waals surface area contributed by atoms with Crippen LogP contribution in [0.4, 0.5) is 13.6 Å². The minimum atomic E-state index is -0.812. The van der Waals surface area contributed by atoms with Crippen molar-refractivity contribution in [1.82, 2.24) is 20.3 Å². The van der Waals surface area contributed by atoms with Crippen molar-refractivity contribution in [2.24, 2.45) is 0 Å². The van der Waals surface area contributed by atoms with Crippen LogP contribution in [-0.2, 0) is 20.7 Å². The number of aromatic nitrogens is 2. The van der Waals surface area contributed by atoms with Crippen molar-refractivity contribution in [2.75, 3.05) is 13.7 Å². The molecule has 1 saturated heterocycles. The van der Waals surface area contributed by atoms with Crippen LogP contribution in [0, 0.1) is 11.6 Å². The molecule has 2 aromatic heterocycles. The Kier molecular flexibility index (Phi) is 10.8. The van der Waals surface area contributed by atoms with Gasteiger partial charge in [0.05, 0.1) is 42.8 Å². The maximum absolute atomic E-state index is 14.2. The fourth-order valence-electron chi connectivity index (χ4n) is 5.22. The van der Waals surface area contributed by atoms with Gasteiger partial charge in [0.15, 0.2) is 0 Å². The quantitative estimate of drug-likeness (QED) is 0.224. The lowest BCUT2D eigenvalue weighted by atomic mass is 9.92. The van der Waals surface area contributed by atoms with Gasteiger partial charge in [0.1, 0.15) is 17.2 Å². The van der Waals surface area contributed by atoms with E-state index in [1.54, 1.807) is 45.6 Å². The molecule has 0 aliphatic carbocycles. The van der Waals surface area contributed by atoms with E-state index in [0.29, 0.717) is 31.6 Å². The van der Waals surface area contributed by atoms with E-state index in [9.17, 15) is 23.6 Å². The summed E-state index contributed by atoms with van der Waals surface area (Å²) in [5.41, 5.74) is 3.30. The number of pyridine rings is 2. The van der Waals surface area contributed by atoms with Crippen LogP contribution in [0.1, 0.15) is 57.6 Å². The Hall–Kier alpha value is -4.16. The summed E-state index contributed by atoms with van der Waals surface area (Å²) in [7, 11) is 1.55. The summed E-state index contributed by atoms with van der Waals surface area (Å²) < 4.78 is 45.2. The maximum atomic E-state index is 14.2. The highest BCUT2D eigenvalue weighted by Gasteiger charge is 2.39. The number of methoxy groups -OCH3 is 1. The fraction of sp³-hybridized carbons (Fsp3) is 0.438. The number of nitrogens with zero attached hydrogens (tertiary/aromatic N) is 3. The summed E-state index contributed by atoms with van der Waals surface area (Å²) in [5.74, 6) is -1.39. The Balaban J connectivity index is 1.54. The van der Waals surface area contributed by atoms with Gasteiger partial charge in [-0.2, -0.15) is 0 Å². The number of ether oxygens (including phenoxy) is 3. The molecule has 236 valence electrons. The monoisotopic (exact) mass is 612 g/mol. The summed E-state index contributed by atoms with van der Waals surface area (Å²) in [6.45, 7) is 5.19. The molecule has 10 nitrogen and oxygen atoms in total. The van der Waals surface area contributed by atoms with Crippen molar-refractivity contribution in [3.63, 3.8) is 0 Å². The van der Waals surface area contributed by atoms with Crippen molar-refractivity contribution in [3.8, 4) is 5.88 Å². The van der Waals surface area contributed by atoms with E-state index in [1.165, 1.54) is 17.1 Å². The lowest BCUT2D eigenvalue weighted by Gasteiger charge is -2.42. The number of fused-ring (bicyclic) bond motifs is 1. The number of hydroxylamine groups is 1. The molecule has 0 unspecified atom stereocenters. The number of carbonyl (C=O) groups excluding carboxylic acids is 2. The molecular weight excluding hydrogens is 574 g/mol. The molecule has 0 spiro atoms. The Labute approximate surface area is 255 Å². The smallest absolute Gasteiger partial charge is 0.410 e. The molecule has 1 fully saturated rings. The van der Waals surface area contributed by atoms with Crippen LogP contribution in [0.5, 0.6) is 5.88 Å². The summed E-state index contributed by atoms with van der Waals surface area (Å²) in [4.78, 5) is 36.1. The maximum Gasteiger partial charge on any atom is 0.410 e. The lowest BCUT2D eigenvalue weighted by Crippen LogP contribution is -2.54. The molecular formula is C32H38F2N4O6. The molecule has 2 amide bonds. The minimum Gasteiger partial charge on any atom is -0.481 e. The molecule has 3 aromatic rings. The third kappa shape index (κ3) is 8.70. The number of benzene rings is 1. The molecule has 0 saturated carbocycles. The van der Waals surface area contributed by atoms with Crippen LogP contribution in [0.25, 0.3) is 17.1 Å². The van der Waals surface area contributed by atoms with Crippen LogP contribution in [0.3, 0.4) is 0 Å². The highest BCUT2D eigenvalue weighted by molar-refractivity contribution is 5.78. The topological polar surface area (TPSA) is 123 Å². The van der Waals surface area contributed by atoms with Gasteiger partial charge in [0.2, 0.25) is 11.8 Å². The predicted octanol–water partition coefficient (Wildman–Crippen LogP) is 5.61. The molecule has 1 aliphatic rings. The fourth-order valence-corrected chi connectivity index (χ4v) is 5.22. The van der Waals surface area contributed by atoms with E-state index in [1.807, 2.05) is 12.1 Å². The number of halogens is 2. The van der Waals surface area contributed by atoms with Crippen molar-refractivity contribution in [1.29, 1.82) is 0 Å². The van der Waals surface area contributed by atoms with E-state index in [-0.39, 0.29) is 24.6 Å². The molecule has 0 bridgehead atoms. The summed E-state index contributed by atoms with van der Waals surface area (Å²) >= 11 is 0. The zero-order valence-corrected chi connectivity index (χ0v) is 25.3. The van der Waals surface area contributed by atoms with Crippen LogP contribution in [-0.4, -0.2) is 69.6 Å². The average Bonchev–Trinajstić information content (AvgIpc) is 2.99. The van der Waals surface area contributed by atoms with Gasteiger partial charge in [-0.25, -0.2) is 24.0 Å². The molecule has 12 heteroatoms. The van der Waals surface area contributed by atoms with Gasteiger partial charge in [-0.15, -0.1) is 0 Å². The van der Waals surface area contributed by atoms with Gasteiger partial charge in [0, 0.05) is 24.4 Å². The van der Waals surface area contributed by atoms with Gasteiger partial charge in [-0.05, 0) is 82.3 Å². The molecule has 2 N–H and O–H groups in total. The SMILES string of the molecule is COc1ccc2nccc(CC[C@@H]3CC[C@@H](N(CC=Cc4cc(F)ccc4F)C(=O)OC(C)(C)C)[C@@H](CC(=O)NO)O3)c2n1. The van der Waals surface area contributed by atoms with Crippen LogP contribution >= 0.6 is 0 Å². The molecule has 0 radical (unpaired) electrons. The van der Waals surface area contributed by atoms with E-state index in [2.05, 4.69) is 9.97 Å². The van der Waals surface area contributed by atoms with Crippen LogP contribution < -0.4 is 10.2 Å². The summed E-state index contributed by atoms with van der Waals surface area (Å²) in [5, 5.41) is 9.27. The van der Waals surface area contributed by atoms with Crippen LogP contribution in [0.2, 0.25) is 0 Å². The number of nitrogens with one attached hydrogen (secondary N) is 1. The van der Waals surface area contributed by atoms with Gasteiger partial charge < -0.3 is 14.2 Å². The summed E-state index contributed by atoms with van der Waals surface area (Å²) in [6, 6.07) is 8.00. The van der Waals surface area contributed by atoms with Crippen molar-refractivity contribution in [2.45, 2.75) is 76.7 Å². The predicted molar refractivity (Wildman–Crippen MR) is 159 cm³/mol. The second-order valence-electron chi connectivity index (χ2n) is 11.6. The standard InChI is InChI=1S/C32H38F2N4O6/c1-32(2,3)44-31(40)38(17-5-6-21-18-22(33)8-11-24(21)34)26-13-10-23(43-27(26)19-28(39)37-41)9-7-20-15-16-35-25-12-14-29(42-4)36-30(20)25/h5-6,8,11-12,14-16,18,23,26-27,41H,7,9-10,13,17,19H2,1-4H3,(H,37,39)/t23-,26-,27-/m1/s1. The average molecular weight is 613 g/mol. The van der Waals surface area contributed by atoms with Crippen molar-refractivity contribution in [3.05, 3.63) is 71.4 Å². The number of carbonyl (C=O) groups is 2. The first-order valence-corrected chi connectivity index (χ1v) is 14.5. The van der Waals surface area contributed by atoms with Crippen LogP contribution in [0.15, 0.2) is 48.7 Å². The molecule has 3 atom stereocenters. The van der Waals surface area contributed by atoms with Gasteiger partial charge in [0.25, 0.3) is 0 Å². The first-order chi connectivity index (χ1) is 21.0. The molecule has 4 rings (SSSR count). The first-order valence-electron chi connectivity index (χ1n) is 14.5. The third-order valence-electron chi connectivity index (χ3n) is 7.26. The highest BCUT2D eigenvalue weighted by Crippen LogP contribution is 2.31. The Morgan fingerprint density at radius 2 is 1.98 bits per heavy atom. The second kappa shape index (κ2) is 14.5. The first kappa shape index (κ1) is 32.7. The van der Waals surface area contributed by atoms with Crippen molar-refractivity contribution < 1.29 is 37.8 Å². The number of rotatable bonds is 10. The van der Waals surface area contributed by atoms with E-state index in [0.717, 1.165) is 34.8 Å². The Morgan fingerprint density at radius 3 is 2.70 bits per heavy atom. The third-order valence-corrected chi connectivity index (χ3v) is 7.26. The van der Waals surface area contributed by atoms with Crippen molar-refractivity contribution >= 4 is 29.1 Å². The highest BCUT2D eigenvalue weighted by atomic mass is 19.1. The number of amides is 2. The molecule has 1 aromatic carbocycles. The molecule has 44 heavy (non-hydrogen) atoms. The second-order valence-corrected chi connectivity index (χ2v) is 11.6. The Morgan fingerprint density at radius 1 is 1.18 bits per heavy atom. The number of hydrogen-bond donors (Lipinski definition) is 2. The van der Waals surface area contributed by atoms with Gasteiger partial charge >= 0.3 is 6.09 Å². The van der Waals surface area contributed by atoms with E-state index < -0.39 is 41.4 Å². The Bertz CT molecular complexity index is 1500. The van der Waals surface area contributed by atoms with E-state index in [4.69, 9.17) is 14.2 Å². The van der Waals surface area contributed by atoms with Gasteiger partial charge in [-0.1, -0.05) is 12.2 Å². The molecule has 1 aliphatic heterocycles. The van der Waals surface area contributed by atoms with E-state index >= 15 is 0 Å². The largest absolute Gasteiger partial charge is 0.481 e. The number of hydrogen-bond acceptors (Lipinski definition) is 8. The zero-order chi connectivity index (χ0) is 31.9. The summed E-state index contributed by atoms with van der Waals surface area (Å²) in [6.07, 6.45) is 5.02. The minimum absolute atomic E-state index is 0.0166. The normalized spacial score (nSPS) is 18.8.